The Morgan fingerprint density at radius 1 is 1.30 bits per heavy atom. The molecule has 8 heteroatoms. The molecule has 1 fully saturated rings. The van der Waals surface area contributed by atoms with Gasteiger partial charge in [0.15, 0.2) is 0 Å². The van der Waals surface area contributed by atoms with Crippen molar-refractivity contribution in [3.05, 3.63) is 28.2 Å². The van der Waals surface area contributed by atoms with Gasteiger partial charge in [-0.3, -0.25) is 4.79 Å². The van der Waals surface area contributed by atoms with Crippen molar-refractivity contribution in [1.82, 2.24) is 9.62 Å². The Morgan fingerprint density at radius 3 is 2.45 bits per heavy atom. The van der Waals surface area contributed by atoms with E-state index in [2.05, 4.69) is 5.32 Å². The third-order valence-corrected chi connectivity index (χ3v) is 5.43. The summed E-state index contributed by atoms with van der Waals surface area (Å²) in [5.74, 6) is -0.282. The lowest BCUT2D eigenvalue weighted by Gasteiger charge is -2.33. The van der Waals surface area contributed by atoms with Crippen molar-refractivity contribution in [2.45, 2.75) is 24.3 Å². The number of amides is 1. The molecule has 0 aromatic heterocycles. The second kappa shape index (κ2) is 5.89. The summed E-state index contributed by atoms with van der Waals surface area (Å²) in [5.41, 5.74) is 0. The van der Waals surface area contributed by atoms with Gasteiger partial charge in [-0.25, -0.2) is 8.42 Å². The van der Waals surface area contributed by atoms with Crippen LogP contribution >= 0.6 is 23.2 Å². The molecule has 20 heavy (non-hydrogen) atoms. The highest BCUT2D eigenvalue weighted by Crippen LogP contribution is 2.27. The predicted molar refractivity (Wildman–Crippen MR) is 77.4 cm³/mol. The van der Waals surface area contributed by atoms with E-state index in [0.29, 0.717) is 13.0 Å². The monoisotopic (exact) mass is 336 g/mol. The molecule has 0 radical (unpaired) electrons. The summed E-state index contributed by atoms with van der Waals surface area (Å²) in [6, 6.07) is 3.43. The Labute approximate surface area is 127 Å². The summed E-state index contributed by atoms with van der Waals surface area (Å²) in [4.78, 5) is 11.8. The number of halogens is 2. The van der Waals surface area contributed by atoms with Crippen LogP contribution in [-0.2, 0) is 14.8 Å². The van der Waals surface area contributed by atoms with E-state index in [1.54, 1.807) is 6.92 Å². The number of nitrogens with one attached hydrogen (secondary N) is 1. The van der Waals surface area contributed by atoms with Crippen LogP contribution in [-0.4, -0.2) is 37.8 Å². The summed E-state index contributed by atoms with van der Waals surface area (Å²) in [6.07, 6.45) is 0.402. The highest BCUT2D eigenvalue weighted by molar-refractivity contribution is 7.89. The fraction of sp³-hybridized carbons (Fsp3) is 0.417. The fourth-order valence-corrected chi connectivity index (χ4v) is 4.57. The third-order valence-electron chi connectivity index (χ3n) is 3.11. The molecule has 0 saturated carbocycles. The molecule has 0 aliphatic carbocycles. The van der Waals surface area contributed by atoms with Gasteiger partial charge in [0.2, 0.25) is 15.9 Å². The highest BCUT2D eigenvalue weighted by atomic mass is 35.5. The molecule has 1 unspecified atom stereocenters. The maximum absolute atomic E-state index is 12.6. The first-order chi connectivity index (χ1) is 9.36. The van der Waals surface area contributed by atoms with Crippen LogP contribution in [0.1, 0.15) is 13.3 Å². The lowest BCUT2D eigenvalue weighted by atomic mass is 10.2. The zero-order chi connectivity index (χ0) is 14.9. The van der Waals surface area contributed by atoms with E-state index >= 15 is 0 Å². The van der Waals surface area contributed by atoms with Crippen molar-refractivity contribution in [1.29, 1.82) is 0 Å². The number of hydrogen-bond acceptors (Lipinski definition) is 3. The average Bonchev–Trinajstić information content (AvgIpc) is 2.37. The number of hydrogen-bond donors (Lipinski definition) is 1. The van der Waals surface area contributed by atoms with Gasteiger partial charge in [-0.1, -0.05) is 30.1 Å². The summed E-state index contributed by atoms with van der Waals surface area (Å²) < 4.78 is 26.5. The Kier molecular flexibility index (Phi) is 4.59. The van der Waals surface area contributed by atoms with Crippen molar-refractivity contribution < 1.29 is 13.2 Å². The molecule has 1 amide bonds. The zero-order valence-corrected chi connectivity index (χ0v) is 13.1. The molecule has 0 bridgehead atoms. The molecule has 1 heterocycles. The molecule has 1 aromatic carbocycles. The minimum absolute atomic E-state index is 0.00292. The topological polar surface area (TPSA) is 66.5 Å². The van der Waals surface area contributed by atoms with Crippen LogP contribution in [0.2, 0.25) is 10.0 Å². The van der Waals surface area contributed by atoms with E-state index in [4.69, 9.17) is 23.2 Å². The molecule has 1 aliphatic rings. The van der Waals surface area contributed by atoms with E-state index in [1.807, 2.05) is 0 Å². The van der Waals surface area contributed by atoms with Gasteiger partial charge in [-0.15, -0.1) is 0 Å². The lowest BCUT2D eigenvalue weighted by Crippen LogP contribution is -2.56. The average molecular weight is 337 g/mol. The molecule has 1 aromatic rings. The van der Waals surface area contributed by atoms with Crippen LogP contribution in [0.5, 0.6) is 0 Å². The maximum Gasteiger partial charge on any atom is 0.243 e. The van der Waals surface area contributed by atoms with Gasteiger partial charge in [0, 0.05) is 23.1 Å². The molecule has 1 aliphatic heterocycles. The van der Waals surface area contributed by atoms with Gasteiger partial charge in [-0.2, -0.15) is 4.31 Å². The summed E-state index contributed by atoms with van der Waals surface area (Å²) in [7, 11) is -3.80. The lowest BCUT2D eigenvalue weighted by molar-refractivity contribution is -0.126. The molecule has 1 saturated heterocycles. The van der Waals surface area contributed by atoms with Crippen LogP contribution in [0.3, 0.4) is 0 Å². The van der Waals surface area contributed by atoms with E-state index in [9.17, 15) is 13.2 Å². The molecule has 110 valence electrons. The molecule has 1 N–H and O–H groups in total. The highest BCUT2D eigenvalue weighted by Gasteiger charge is 2.37. The smallest absolute Gasteiger partial charge is 0.243 e. The normalized spacial score (nSPS) is 20.8. The van der Waals surface area contributed by atoms with Crippen molar-refractivity contribution in [2.24, 2.45) is 0 Å². The van der Waals surface area contributed by atoms with Crippen LogP contribution < -0.4 is 5.32 Å². The minimum atomic E-state index is -3.80. The first-order valence-electron chi connectivity index (χ1n) is 6.12. The van der Waals surface area contributed by atoms with Crippen molar-refractivity contribution in [3.63, 3.8) is 0 Å². The first-order valence-corrected chi connectivity index (χ1v) is 8.31. The molecular formula is C12H14Cl2N2O3S. The van der Waals surface area contributed by atoms with Gasteiger partial charge < -0.3 is 5.32 Å². The second-order valence-corrected chi connectivity index (χ2v) is 7.20. The predicted octanol–water partition coefficient (Wildman–Crippen LogP) is 1.89. The fourth-order valence-electron chi connectivity index (χ4n) is 2.18. The van der Waals surface area contributed by atoms with Crippen molar-refractivity contribution in [2.75, 3.05) is 13.1 Å². The molecule has 2 rings (SSSR count). The Hall–Kier alpha value is -0.820. The molecule has 5 nitrogen and oxygen atoms in total. The summed E-state index contributed by atoms with van der Waals surface area (Å²) in [6.45, 7) is 2.29. The Balaban J connectivity index is 2.45. The molecule has 0 spiro atoms. The maximum atomic E-state index is 12.6. The quantitative estimate of drug-likeness (QED) is 0.916. The first kappa shape index (κ1) is 15.6. The second-order valence-electron chi connectivity index (χ2n) is 4.44. The summed E-state index contributed by atoms with van der Waals surface area (Å²) in [5, 5.41) is 3.14. The van der Waals surface area contributed by atoms with Crippen molar-refractivity contribution in [3.8, 4) is 0 Å². The number of nitrogens with zero attached hydrogens (tertiary/aromatic N) is 1. The number of sulfonamides is 1. The number of rotatable bonds is 3. The largest absolute Gasteiger partial charge is 0.353 e. The van der Waals surface area contributed by atoms with Gasteiger partial charge >= 0.3 is 0 Å². The van der Waals surface area contributed by atoms with E-state index in [-0.39, 0.29) is 27.4 Å². The van der Waals surface area contributed by atoms with Crippen LogP contribution in [0.15, 0.2) is 23.1 Å². The van der Waals surface area contributed by atoms with Crippen LogP contribution in [0.25, 0.3) is 0 Å². The van der Waals surface area contributed by atoms with Gasteiger partial charge in [0.1, 0.15) is 6.04 Å². The van der Waals surface area contributed by atoms with Crippen LogP contribution in [0.4, 0.5) is 0 Å². The van der Waals surface area contributed by atoms with Gasteiger partial charge in [0.25, 0.3) is 0 Å². The number of benzene rings is 1. The van der Waals surface area contributed by atoms with E-state index in [1.165, 1.54) is 22.5 Å². The summed E-state index contributed by atoms with van der Waals surface area (Å²) >= 11 is 11.7. The molecular weight excluding hydrogens is 323 g/mol. The Morgan fingerprint density at radius 2 is 1.90 bits per heavy atom. The number of carbonyl (C=O) groups excluding carboxylic acids is 1. The third kappa shape index (κ3) is 2.93. The van der Waals surface area contributed by atoms with Crippen molar-refractivity contribution >= 4 is 39.1 Å². The zero-order valence-electron chi connectivity index (χ0n) is 10.8. The Bertz CT molecular complexity index is 613. The SMILES string of the molecule is CCC1C(=O)NCCN1S(=O)(=O)c1cc(Cl)cc(Cl)c1. The number of piperazine rings is 1. The standard InChI is InChI=1S/C12H14Cl2N2O3S/c1-2-11-12(17)15-3-4-16(11)20(18,19)10-6-8(13)5-9(14)7-10/h5-7,11H,2-4H2,1H3,(H,15,17). The van der Waals surface area contributed by atoms with Gasteiger partial charge in [0.05, 0.1) is 4.90 Å². The van der Waals surface area contributed by atoms with Gasteiger partial charge in [-0.05, 0) is 24.6 Å². The minimum Gasteiger partial charge on any atom is -0.353 e. The number of carbonyl (C=O) groups is 1. The van der Waals surface area contributed by atoms with Crippen LogP contribution in [0, 0.1) is 0 Å². The van der Waals surface area contributed by atoms with E-state index in [0.717, 1.165) is 0 Å². The van der Waals surface area contributed by atoms with E-state index < -0.39 is 16.1 Å². The molecule has 1 atom stereocenters.